The first-order valence-electron chi connectivity index (χ1n) is 5.10. The van der Waals surface area contributed by atoms with Gasteiger partial charge in [-0.05, 0) is 36.5 Å². The van der Waals surface area contributed by atoms with Crippen molar-refractivity contribution in [2.45, 2.75) is 32.7 Å². The standard InChI is InChI=1S/C12H18FN.ClH/c1-9(2)3-8-12(14)10-4-6-11(13)7-5-10;/h4-7,9,12H,3,8,14H2,1-2H3;1H/t12-;/m1./s1. The summed E-state index contributed by atoms with van der Waals surface area (Å²) in [6, 6.07) is 6.49. The minimum atomic E-state index is -0.204. The summed E-state index contributed by atoms with van der Waals surface area (Å²) in [7, 11) is 0. The number of nitrogens with two attached hydrogens (primary N) is 1. The van der Waals surface area contributed by atoms with Crippen LogP contribution in [0, 0.1) is 11.7 Å². The van der Waals surface area contributed by atoms with E-state index in [0.717, 1.165) is 18.4 Å². The first-order valence-corrected chi connectivity index (χ1v) is 5.10. The van der Waals surface area contributed by atoms with E-state index in [0.29, 0.717) is 5.92 Å². The van der Waals surface area contributed by atoms with Crippen molar-refractivity contribution in [3.05, 3.63) is 35.6 Å². The van der Waals surface area contributed by atoms with Crippen LogP contribution in [0.1, 0.15) is 38.3 Å². The fraction of sp³-hybridized carbons (Fsp3) is 0.500. The molecule has 0 aromatic heterocycles. The van der Waals surface area contributed by atoms with Gasteiger partial charge in [-0.1, -0.05) is 26.0 Å². The van der Waals surface area contributed by atoms with Gasteiger partial charge in [-0.25, -0.2) is 4.39 Å². The number of benzene rings is 1. The summed E-state index contributed by atoms with van der Waals surface area (Å²) >= 11 is 0. The monoisotopic (exact) mass is 231 g/mol. The molecule has 0 bridgehead atoms. The van der Waals surface area contributed by atoms with Gasteiger partial charge >= 0.3 is 0 Å². The maximum Gasteiger partial charge on any atom is 0.123 e. The Bertz CT molecular complexity index is 271. The fourth-order valence-electron chi connectivity index (χ4n) is 1.39. The van der Waals surface area contributed by atoms with E-state index < -0.39 is 0 Å². The van der Waals surface area contributed by atoms with Crippen molar-refractivity contribution < 1.29 is 4.39 Å². The zero-order valence-electron chi connectivity index (χ0n) is 9.24. The zero-order chi connectivity index (χ0) is 10.6. The molecule has 15 heavy (non-hydrogen) atoms. The first-order chi connectivity index (χ1) is 6.59. The third-order valence-corrected chi connectivity index (χ3v) is 2.35. The Morgan fingerprint density at radius 3 is 2.13 bits per heavy atom. The molecule has 0 spiro atoms. The fourth-order valence-corrected chi connectivity index (χ4v) is 1.39. The van der Waals surface area contributed by atoms with Gasteiger partial charge < -0.3 is 5.73 Å². The van der Waals surface area contributed by atoms with Crippen molar-refractivity contribution in [3.8, 4) is 0 Å². The maximum absolute atomic E-state index is 12.6. The van der Waals surface area contributed by atoms with Crippen LogP contribution in [0.2, 0.25) is 0 Å². The smallest absolute Gasteiger partial charge is 0.123 e. The second kappa shape index (κ2) is 6.81. The van der Waals surface area contributed by atoms with Gasteiger partial charge in [-0.15, -0.1) is 12.4 Å². The van der Waals surface area contributed by atoms with E-state index in [4.69, 9.17) is 5.73 Å². The van der Waals surface area contributed by atoms with Gasteiger partial charge in [0.25, 0.3) is 0 Å². The highest BCUT2D eigenvalue weighted by molar-refractivity contribution is 5.85. The Hall–Kier alpha value is -0.600. The molecule has 0 saturated heterocycles. The Morgan fingerprint density at radius 1 is 1.13 bits per heavy atom. The van der Waals surface area contributed by atoms with Crippen LogP contribution in [0.15, 0.2) is 24.3 Å². The van der Waals surface area contributed by atoms with Crippen molar-refractivity contribution >= 4 is 12.4 Å². The molecular formula is C12H19ClFN. The van der Waals surface area contributed by atoms with E-state index in [2.05, 4.69) is 13.8 Å². The molecule has 1 aromatic rings. The summed E-state index contributed by atoms with van der Waals surface area (Å²) in [5, 5.41) is 0. The Labute approximate surface area is 97.3 Å². The molecule has 86 valence electrons. The Morgan fingerprint density at radius 2 is 1.67 bits per heavy atom. The van der Waals surface area contributed by atoms with Crippen molar-refractivity contribution in [3.63, 3.8) is 0 Å². The molecule has 0 aliphatic heterocycles. The second-order valence-electron chi connectivity index (χ2n) is 4.13. The van der Waals surface area contributed by atoms with E-state index in [-0.39, 0.29) is 24.3 Å². The molecule has 0 heterocycles. The third-order valence-electron chi connectivity index (χ3n) is 2.35. The molecule has 0 radical (unpaired) electrons. The van der Waals surface area contributed by atoms with Gasteiger partial charge in [0.2, 0.25) is 0 Å². The van der Waals surface area contributed by atoms with Crippen molar-refractivity contribution in [2.75, 3.05) is 0 Å². The van der Waals surface area contributed by atoms with Crippen LogP contribution in [-0.4, -0.2) is 0 Å². The predicted molar refractivity (Wildman–Crippen MR) is 64.6 cm³/mol. The number of hydrogen-bond acceptors (Lipinski definition) is 1. The highest BCUT2D eigenvalue weighted by atomic mass is 35.5. The summed E-state index contributed by atoms with van der Waals surface area (Å²) in [6.07, 6.45) is 2.07. The Kier molecular flexibility index (Phi) is 6.53. The minimum absolute atomic E-state index is 0. The van der Waals surface area contributed by atoms with Crippen molar-refractivity contribution in [1.29, 1.82) is 0 Å². The normalized spacial score (nSPS) is 12.3. The first kappa shape index (κ1) is 14.4. The van der Waals surface area contributed by atoms with E-state index in [1.165, 1.54) is 12.1 Å². The van der Waals surface area contributed by atoms with Crippen molar-refractivity contribution in [1.82, 2.24) is 0 Å². The van der Waals surface area contributed by atoms with Crippen LogP contribution in [0.4, 0.5) is 4.39 Å². The molecule has 1 rings (SSSR count). The van der Waals surface area contributed by atoms with Gasteiger partial charge in [0.05, 0.1) is 0 Å². The quantitative estimate of drug-likeness (QED) is 0.841. The number of rotatable bonds is 4. The molecule has 1 atom stereocenters. The minimum Gasteiger partial charge on any atom is -0.324 e. The SMILES string of the molecule is CC(C)CC[C@@H](N)c1ccc(F)cc1.Cl. The molecule has 0 aliphatic carbocycles. The molecule has 0 fully saturated rings. The molecule has 0 aliphatic rings. The summed E-state index contributed by atoms with van der Waals surface area (Å²) in [6.45, 7) is 4.36. The summed E-state index contributed by atoms with van der Waals surface area (Å²) in [5.74, 6) is 0.464. The highest BCUT2D eigenvalue weighted by Gasteiger charge is 2.06. The molecule has 3 heteroatoms. The van der Waals surface area contributed by atoms with Crippen LogP contribution < -0.4 is 5.73 Å². The average molecular weight is 232 g/mol. The van der Waals surface area contributed by atoms with Gasteiger partial charge in [0.1, 0.15) is 5.82 Å². The largest absolute Gasteiger partial charge is 0.324 e. The lowest BCUT2D eigenvalue weighted by Crippen LogP contribution is -2.11. The van der Waals surface area contributed by atoms with Crippen LogP contribution in [0.3, 0.4) is 0 Å². The molecular weight excluding hydrogens is 213 g/mol. The lowest BCUT2D eigenvalue weighted by Gasteiger charge is -2.13. The van der Waals surface area contributed by atoms with Gasteiger partial charge in [-0.3, -0.25) is 0 Å². The van der Waals surface area contributed by atoms with Crippen molar-refractivity contribution in [2.24, 2.45) is 11.7 Å². The van der Waals surface area contributed by atoms with E-state index >= 15 is 0 Å². The zero-order valence-corrected chi connectivity index (χ0v) is 10.1. The van der Waals surface area contributed by atoms with E-state index in [1.54, 1.807) is 12.1 Å². The van der Waals surface area contributed by atoms with Gasteiger partial charge in [0.15, 0.2) is 0 Å². The maximum atomic E-state index is 12.6. The lowest BCUT2D eigenvalue weighted by atomic mass is 9.98. The van der Waals surface area contributed by atoms with Crippen LogP contribution in [-0.2, 0) is 0 Å². The number of hydrogen-bond donors (Lipinski definition) is 1. The summed E-state index contributed by atoms with van der Waals surface area (Å²) in [4.78, 5) is 0. The van der Waals surface area contributed by atoms with E-state index in [1.807, 2.05) is 0 Å². The van der Waals surface area contributed by atoms with Crippen LogP contribution in [0.5, 0.6) is 0 Å². The number of halogens is 2. The highest BCUT2D eigenvalue weighted by Crippen LogP contribution is 2.18. The third kappa shape index (κ3) is 5.14. The Balaban J connectivity index is 0.00000196. The lowest BCUT2D eigenvalue weighted by molar-refractivity contribution is 0.506. The van der Waals surface area contributed by atoms with Gasteiger partial charge in [-0.2, -0.15) is 0 Å². The average Bonchev–Trinajstić information content (AvgIpc) is 2.15. The summed E-state index contributed by atoms with van der Waals surface area (Å²) < 4.78 is 12.6. The molecule has 0 saturated carbocycles. The second-order valence-corrected chi connectivity index (χ2v) is 4.13. The van der Waals surface area contributed by atoms with E-state index in [9.17, 15) is 4.39 Å². The summed E-state index contributed by atoms with van der Waals surface area (Å²) in [5.41, 5.74) is 6.99. The molecule has 0 unspecified atom stereocenters. The molecule has 1 nitrogen and oxygen atoms in total. The molecule has 2 N–H and O–H groups in total. The molecule has 1 aromatic carbocycles. The predicted octanol–water partition coefficient (Wildman–Crippen LogP) is 3.68. The molecule has 0 amide bonds. The van der Waals surface area contributed by atoms with Gasteiger partial charge in [0, 0.05) is 6.04 Å². The topological polar surface area (TPSA) is 26.0 Å². The van der Waals surface area contributed by atoms with Crippen LogP contribution in [0.25, 0.3) is 0 Å². The van der Waals surface area contributed by atoms with Crippen LogP contribution >= 0.6 is 12.4 Å².